The van der Waals surface area contributed by atoms with Gasteiger partial charge in [0.05, 0.1) is 0 Å². The molecule has 2 saturated heterocycles. The van der Waals surface area contributed by atoms with Gasteiger partial charge < -0.3 is 5.32 Å². The molecule has 0 spiro atoms. The summed E-state index contributed by atoms with van der Waals surface area (Å²) < 4.78 is 0. The lowest BCUT2D eigenvalue weighted by Crippen LogP contribution is -2.47. The van der Waals surface area contributed by atoms with Gasteiger partial charge in [-0.05, 0) is 57.0 Å². The first-order valence-corrected chi connectivity index (χ1v) is 8.42. The second-order valence-corrected chi connectivity index (χ2v) is 7.07. The molecule has 1 N–H and O–H groups in total. The van der Waals surface area contributed by atoms with E-state index in [1.165, 1.54) is 57.6 Å². The molecule has 0 aromatic carbocycles. The van der Waals surface area contributed by atoms with Gasteiger partial charge in [-0.1, -0.05) is 13.8 Å². The monoisotopic (exact) mass is 256 g/mol. The quantitative estimate of drug-likeness (QED) is 0.832. The van der Waals surface area contributed by atoms with E-state index < -0.39 is 0 Å². The minimum atomic E-state index is 0.834. The van der Waals surface area contributed by atoms with Crippen LogP contribution >= 0.6 is 11.8 Å². The van der Waals surface area contributed by atoms with Crippen LogP contribution in [-0.4, -0.2) is 48.1 Å². The van der Waals surface area contributed by atoms with Crippen molar-refractivity contribution in [1.29, 1.82) is 0 Å². The maximum Gasteiger partial charge on any atom is 0.0212 e. The van der Waals surface area contributed by atoms with Gasteiger partial charge in [0, 0.05) is 17.8 Å². The molecule has 3 atom stereocenters. The first kappa shape index (κ1) is 13.7. The lowest BCUT2D eigenvalue weighted by molar-refractivity contribution is 0.150. The standard InChI is InChI=1S/C14H28N2S/c1-3-16(11-13-6-4-8-15-10-13)14-7-5-9-17-12(14)2/h12-15H,3-11H2,1-2H3. The van der Waals surface area contributed by atoms with E-state index in [1.54, 1.807) is 0 Å². The van der Waals surface area contributed by atoms with Gasteiger partial charge >= 0.3 is 0 Å². The maximum absolute atomic E-state index is 3.55. The Morgan fingerprint density at radius 3 is 2.82 bits per heavy atom. The van der Waals surface area contributed by atoms with Crippen LogP contribution in [0.1, 0.15) is 39.5 Å². The van der Waals surface area contributed by atoms with Crippen LogP contribution in [-0.2, 0) is 0 Å². The van der Waals surface area contributed by atoms with Crippen LogP contribution in [0.2, 0.25) is 0 Å². The largest absolute Gasteiger partial charge is 0.316 e. The smallest absolute Gasteiger partial charge is 0.0212 e. The summed E-state index contributed by atoms with van der Waals surface area (Å²) in [5, 5.41) is 4.38. The highest BCUT2D eigenvalue weighted by atomic mass is 32.2. The van der Waals surface area contributed by atoms with Crippen LogP contribution in [0.3, 0.4) is 0 Å². The molecule has 3 heteroatoms. The van der Waals surface area contributed by atoms with Crippen molar-refractivity contribution in [3.63, 3.8) is 0 Å². The van der Waals surface area contributed by atoms with Crippen LogP contribution in [0.5, 0.6) is 0 Å². The Balaban J connectivity index is 1.85. The Kier molecular flexibility index (Phi) is 5.64. The van der Waals surface area contributed by atoms with E-state index in [4.69, 9.17) is 0 Å². The van der Waals surface area contributed by atoms with E-state index in [0.717, 1.165) is 17.2 Å². The summed E-state index contributed by atoms with van der Waals surface area (Å²) in [5.41, 5.74) is 0. The summed E-state index contributed by atoms with van der Waals surface area (Å²) in [5.74, 6) is 2.27. The fourth-order valence-electron chi connectivity index (χ4n) is 3.30. The van der Waals surface area contributed by atoms with Gasteiger partial charge in [0.2, 0.25) is 0 Å². The average Bonchev–Trinajstić information content (AvgIpc) is 2.38. The number of nitrogens with zero attached hydrogens (tertiary/aromatic N) is 1. The van der Waals surface area contributed by atoms with Crippen LogP contribution in [0.15, 0.2) is 0 Å². The molecule has 17 heavy (non-hydrogen) atoms. The average molecular weight is 256 g/mol. The van der Waals surface area contributed by atoms with Crippen molar-refractivity contribution >= 4 is 11.8 Å². The summed E-state index contributed by atoms with van der Waals surface area (Å²) in [6.07, 6.45) is 5.64. The third kappa shape index (κ3) is 3.87. The van der Waals surface area contributed by atoms with E-state index in [1.807, 2.05) is 0 Å². The van der Waals surface area contributed by atoms with Gasteiger partial charge in [0.25, 0.3) is 0 Å². The summed E-state index contributed by atoms with van der Waals surface area (Å²) in [7, 11) is 0. The van der Waals surface area contributed by atoms with Gasteiger partial charge in [0.1, 0.15) is 0 Å². The Labute approximate surface area is 111 Å². The molecule has 0 saturated carbocycles. The number of nitrogens with one attached hydrogen (secondary N) is 1. The summed E-state index contributed by atoms with van der Waals surface area (Å²) in [4.78, 5) is 2.76. The minimum Gasteiger partial charge on any atom is -0.316 e. The molecule has 0 aromatic rings. The summed E-state index contributed by atoms with van der Waals surface area (Å²) >= 11 is 2.17. The van der Waals surface area contributed by atoms with Gasteiger partial charge in [-0.2, -0.15) is 11.8 Å². The fourth-order valence-corrected chi connectivity index (χ4v) is 4.53. The lowest BCUT2D eigenvalue weighted by Gasteiger charge is -2.40. The van der Waals surface area contributed by atoms with Crippen LogP contribution in [0, 0.1) is 5.92 Å². The van der Waals surface area contributed by atoms with Crippen LogP contribution in [0.25, 0.3) is 0 Å². The summed E-state index contributed by atoms with van der Waals surface area (Å²) in [6, 6.07) is 0.834. The van der Waals surface area contributed by atoms with Crippen molar-refractivity contribution in [2.45, 2.75) is 50.8 Å². The van der Waals surface area contributed by atoms with Gasteiger partial charge in [-0.15, -0.1) is 0 Å². The molecule has 3 unspecified atom stereocenters. The van der Waals surface area contributed by atoms with Crippen molar-refractivity contribution in [2.24, 2.45) is 5.92 Å². The molecule has 2 aliphatic heterocycles. The molecule has 0 aliphatic carbocycles. The number of thioether (sulfide) groups is 1. The van der Waals surface area contributed by atoms with Crippen LogP contribution < -0.4 is 5.32 Å². The second kappa shape index (κ2) is 7.01. The van der Waals surface area contributed by atoms with Crippen molar-refractivity contribution in [2.75, 3.05) is 31.9 Å². The topological polar surface area (TPSA) is 15.3 Å². The van der Waals surface area contributed by atoms with Crippen molar-refractivity contribution in [3.05, 3.63) is 0 Å². The molecule has 2 rings (SSSR count). The zero-order chi connectivity index (χ0) is 12.1. The third-order valence-electron chi connectivity index (χ3n) is 4.33. The number of piperidine rings is 1. The molecule has 0 radical (unpaired) electrons. The van der Waals surface area contributed by atoms with Crippen molar-refractivity contribution in [3.8, 4) is 0 Å². The Morgan fingerprint density at radius 1 is 1.29 bits per heavy atom. The van der Waals surface area contributed by atoms with E-state index >= 15 is 0 Å². The third-order valence-corrected chi connectivity index (χ3v) is 5.70. The molecular formula is C14H28N2S. The SMILES string of the molecule is CCN(CC1CCCNC1)C1CCCSC1C. The number of rotatable bonds is 4. The number of hydrogen-bond acceptors (Lipinski definition) is 3. The fraction of sp³-hybridized carbons (Fsp3) is 1.00. The normalized spacial score (nSPS) is 35.1. The molecule has 0 amide bonds. The molecule has 0 aromatic heterocycles. The van der Waals surface area contributed by atoms with Crippen molar-refractivity contribution in [1.82, 2.24) is 10.2 Å². The predicted molar refractivity (Wildman–Crippen MR) is 77.8 cm³/mol. The number of hydrogen-bond donors (Lipinski definition) is 1. The summed E-state index contributed by atoms with van der Waals surface area (Å²) in [6.45, 7) is 9.78. The van der Waals surface area contributed by atoms with Gasteiger partial charge in [-0.3, -0.25) is 4.90 Å². The first-order valence-electron chi connectivity index (χ1n) is 7.37. The van der Waals surface area contributed by atoms with E-state index in [0.29, 0.717) is 0 Å². The second-order valence-electron chi connectivity index (χ2n) is 5.59. The van der Waals surface area contributed by atoms with E-state index in [9.17, 15) is 0 Å². The molecule has 2 aliphatic rings. The molecule has 2 heterocycles. The zero-order valence-electron chi connectivity index (χ0n) is 11.5. The minimum absolute atomic E-state index is 0.834. The van der Waals surface area contributed by atoms with Crippen LogP contribution in [0.4, 0.5) is 0 Å². The van der Waals surface area contributed by atoms with Crippen molar-refractivity contribution < 1.29 is 0 Å². The van der Waals surface area contributed by atoms with E-state index in [-0.39, 0.29) is 0 Å². The molecule has 2 fully saturated rings. The Hall–Kier alpha value is 0.270. The van der Waals surface area contributed by atoms with Gasteiger partial charge in [-0.25, -0.2) is 0 Å². The Bertz CT molecular complexity index is 216. The zero-order valence-corrected chi connectivity index (χ0v) is 12.3. The Morgan fingerprint density at radius 2 is 2.18 bits per heavy atom. The van der Waals surface area contributed by atoms with E-state index in [2.05, 4.69) is 35.8 Å². The predicted octanol–water partition coefficient (Wildman–Crippen LogP) is 2.59. The molecule has 2 nitrogen and oxygen atoms in total. The maximum atomic E-state index is 3.55. The molecule has 100 valence electrons. The molecular weight excluding hydrogens is 228 g/mol. The van der Waals surface area contributed by atoms with Gasteiger partial charge in [0.15, 0.2) is 0 Å². The highest BCUT2D eigenvalue weighted by molar-refractivity contribution is 7.99. The highest BCUT2D eigenvalue weighted by Crippen LogP contribution is 2.29. The first-order chi connectivity index (χ1) is 8.31. The highest BCUT2D eigenvalue weighted by Gasteiger charge is 2.28. The lowest BCUT2D eigenvalue weighted by atomic mass is 9.97. The molecule has 0 bridgehead atoms.